The van der Waals surface area contributed by atoms with Gasteiger partial charge in [-0.1, -0.05) is 0 Å². The number of aryl methyl sites for hydroxylation is 3. The SMILES string of the molecule is Cl.Cl.[CH2]=[Zr]([C]1=CC(C(C)(C)C)=CC1CC)([c]1cccc(Cl)c1)([c]1cccc(Cl)c1)[c]1c(C)c(C)cc2c1Cc1cc(C)c(C)cc1-2. The van der Waals surface area contributed by atoms with Gasteiger partial charge in [-0.25, -0.2) is 0 Å². The molecule has 0 aromatic heterocycles. The number of halogens is 4. The summed E-state index contributed by atoms with van der Waals surface area (Å²) in [4.78, 5) is 0. The van der Waals surface area contributed by atoms with Gasteiger partial charge in [0.25, 0.3) is 0 Å². The fourth-order valence-electron chi connectivity index (χ4n) is 8.20. The van der Waals surface area contributed by atoms with Crippen LogP contribution in [0.15, 0.2) is 87.7 Å². The average molecular weight is 772 g/mol. The molecule has 0 fully saturated rings. The van der Waals surface area contributed by atoms with Crippen LogP contribution in [0.2, 0.25) is 10.0 Å². The van der Waals surface area contributed by atoms with Crippen molar-refractivity contribution >= 4 is 62.0 Å². The molecule has 0 saturated carbocycles. The first-order chi connectivity index (χ1) is 20.7. The van der Waals surface area contributed by atoms with Crippen LogP contribution in [0, 0.1) is 39.0 Å². The molecule has 0 radical (unpaired) electrons. The Hall–Kier alpha value is -1.73. The summed E-state index contributed by atoms with van der Waals surface area (Å²) in [6, 6.07) is 24.6. The van der Waals surface area contributed by atoms with Gasteiger partial charge in [0, 0.05) is 0 Å². The Bertz CT molecular complexity index is 1940. The molecule has 0 heterocycles. The first-order valence-electron chi connectivity index (χ1n) is 15.9. The van der Waals surface area contributed by atoms with E-state index in [0.29, 0.717) is 0 Å². The first kappa shape index (κ1) is 37.1. The van der Waals surface area contributed by atoms with E-state index in [1.54, 1.807) is 0 Å². The van der Waals surface area contributed by atoms with Crippen LogP contribution in [0.3, 0.4) is 0 Å². The molecule has 46 heavy (non-hydrogen) atoms. The van der Waals surface area contributed by atoms with E-state index in [1.807, 2.05) is 12.1 Å². The van der Waals surface area contributed by atoms with Crippen LogP contribution in [-0.4, -0.2) is 4.21 Å². The Balaban J connectivity index is 0.00000240. The van der Waals surface area contributed by atoms with E-state index in [4.69, 9.17) is 27.4 Å². The van der Waals surface area contributed by atoms with E-state index in [9.17, 15) is 0 Å². The number of hydrogen-bond acceptors (Lipinski definition) is 0. The van der Waals surface area contributed by atoms with Gasteiger partial charge in [-0.2, -0.15) is 0 Å². The van der Waals surface area contributed by atoms with Gasteiger partial charge in [-0.05, 0) is 0 Å². The predicted octanol–water partition coefficient (Wildman–Crippen LogP) is 10.9. The molecule has 4 aromatic carbocycles. The number of fused-ring (bicyclic) bond motifs is 3. The second-order valence-corrected chi connectivity index (χ2v) is 28.0. The molecule has 6 rings (SSSR count). The Kier molecular flexibility index (Phi) is 10.4. The Morgan fingerprint density at radius 1 is 0.783 bits per heavy atom. The fraction of sp³-hybridized carbons (Fsp3) is 0.293. The summed E-state index contributed by atoms with van der Waals surface area (Å²) in [6.45, 7) is 18.4. The van der Waals surface area contributed by atoms with Crippen molar-refractivity contribution in [2.45, 2.75) is 68.2 Å². The number of allylic oxidation sites excluding steroid dienone is 4. The van der Waals surface area contributed by atoms with E-state index in [0.717, 1.165) is 22.9 Å². The summed E-state index contributed by atoms with van der Waals surface area (Å²) in [5, 5.41) is 1.50. The quantitative estimate of drug-likeness (QED) is 0.167. The van der Waals surface area contributed by atoms with Crippen LogP contribution in [0.25, 0.3) is 11.1 Å². The first-order valence-corrected chi connectivity index (χ1v) is 23.3. The van der Waals surface area contributed by atoms with E-state index in [2.05, 4.69) is 122 Å². The monoisotopic (exact) mass is 768 g/mol. The Labute approximate surface area is 299 Å². The second kappa shape index (κ2) is 13.0. The maximum absolute atomic E-state index is 6.94. The zero-order valence-corrected chi connectivity index (χ0v) is 33.9. The molecule has 0 amide bonds. The summed E-state index contributed by atoms with van der Waals surface area (Å²) in [7, 11) is 0. The molecule has 1 unspecified atom stereocenters. The van der Waals surface area contributed by atoms with Crippen molar-refractivity contribution in [1.29, 1.82) is 0 Å². The van der Waals surface area contributed by atoms with E-state index in [-0.39, 0.29) is 36.1 Å². The van der Waals surface area contributed by atoms with Gasteiger partial charge in [-0.15, -0.1) is 24.8 Å². The van der Waals surface area contributed by atoms with Crippen molar-refractivity contribution in [3.8, 4) is 11.1 Å². The van der Waals surface area contributed by atoms with Gasteiger partial charge in [0.2, 0.25) is 0 Å². The molecular formula is C41H46Cl4Zr. The predicted molar refractivity (Wildman–Crippen MR) is 206 cm³/mol. The molecule has 5 heteroatoms. The average Bonchev–Trinajstić information content (AvgIpc) is 3.56. The molecule has 0 spiro atoms. The molecule has 0 aliphatic heterocycles. The van der Waals surface area contributed by atoms with Crippen LogP contribution >= 0.6 is 48.0 Å². The summed E-state index contributed by atoms with van der Waals surface area (Å²) in [6.07, 6.45) is 7.01. The van der Waals surface area contributed by atoms with E-state index < -0.39 is 18.3 Å². The van der Waals surface area contributed by atoms with Crippen molar-refractivity contribution in [3.05, 3.63) is 131 Å². The molecule has 2 aliphatic rings. The zero-order valence-electron chi connectivity index (χ0n) is 28.3. The molecule has 0 saturated heterocycles. The van der Waals surface area contributed by atoms with Crippen LogP contribution in [0.5, 0.6) is 0 Å². The van der Waals surface area contributed by atoms with Crippen molar-refractivity contribution in [2.75, 3.05) is 0 Å². The number of hydrogen-bond donors (Lipinski definition) is 0. The van der Waals surface area contributed by atoms with Crippen molar-refractivity contribution in [1.82, 2.24) is 0 Å². The molecule has 0 N–H and O–H groups in total. The van der Waals surface area contributed by atoms with Gasteiger partial charge in [0.1, 0.15) is 0 Å². The molecule has 242 valence electrons. The van der Waals surface area contributed by atoms with Gasteiger partial charge >= 0.3 is 277 Å². The van der Waals surface area contributed by atoms with Crippen LogP contribution in [0.4, 0.5) is 0 Å². The number of benzene rings is 4. The van der Waals surface area contributed by atoms with Crippen LogP contribution < -0.4 is 9.81 Å². The molecule has 2 aliphatic carbocycles. The van der Waals surface area contributed by atoms with Crippen molar-refractivity contribution < 1.29 is 18.3 Å². The zero-order chi connectivity index (χ0) is 31.8. The van der Waals surface area contributed by atoms with Gasteiger partial charge in [0.15, 0.2) is 0 Å². The third-order valence-corrected chi connectivity index (χ3v) is 27.9. The fourth-order valence-corrected chi connectivity index (χ4v) is 26.8. The normalized spacial score (nSPS) is 15.8. The maximum atomic E-state index is 6.94. The van der Waals surface area contributed by atoms with Crippen molar-refractivity contribution in [2.24, 2.45) is 11.3 Å². The summed E-state index contributed by atoms with van der Waals surface area (Å²) >= 11 is 8.76. The summed E-state index contributed by atoms with van der Waals surface area (Å²) < 4.78 is 11.3. The topological polar surface area (TPSA) is 0 Å². The number of rotatable bonds is 5. The van der Waals surface area contributed by atoms with Gasteiger partial charge in [0.05, 0.1) is 0 Å². The molecule has 4 aromatic rings. The van der Waals surface area contributed by atoms with Crippen LogP contribution in [0.1, 0.15) is 67.5 Å². The van der Waals surface area contributed by atoms with E-state index in [1.165, 1.54) is 63.2 Å². The van der Waals surface area contributed by atoms with Gasteiger partial charge < -0.3 is 0 Å². The third kappa shape index (κ3) is 5.51. The molecule has 1 atom stereocenters. The Morgan fingerprint density at radius 2 is 1.33 bits per heavy atom. The summed E-state index contributed by atoms with van der Waals surface area (Å²) in [5.41, 5.74) is 12.3. The standard InChI is InChI=1S/C17H17.C11H17.2C6H4Cl.CH2.2ClH.Zr/c1-10-5-14-9-15-6-11(2)13(4)8-17(15)16(14)7-12(10)3;1-5-9-6-7-10(8-9)11(2,3)4;2*7-6-4-2-1-3-5-6;;;;/h5,7-8H,9H2,1-4H3;7-9H,5H2,1-4H3;2*1-2,4-5H;1H2;2*1H;. The molecule has 0 bridgehead atoms. The summed E-state index contributed by atoms with van der Waals surface area (Å²) in [5.74, 6) is 0.272. The van der Waals surface area contributed by atoms with Crippen molar-refractivity contribution in [3.63, 3.8) is 0 Å². The third-order valence-electron chi connectivity index (χ3n) is 10.8. The van der Waals surface area contributed by atoms with Gasteiger partial charge in [-0.3, -0.25) is 0 Å². The minimum atomic E-state index is -5.12. The molecular weight excluding hydrogens is 725 g/mol. The molecule has 0 nitrogen and oxygen atoms in total. The second-order valence-electron chi connectivity index (χ2n) is 14.5. The van der Waals surface area contributed by atoms with Crippen LogP contribution in [-0.2, 0) is 24.7 Å². The minimum absolute atomic E-state index is 0. The Morgan fingerprint density at radius 3 is 1.85 bits per heavy atom. The van der Waals surface area contributed by atoms with E-state index >= 15 is 0 Å².